The van der Waals surface area contributed by atoms with Crippen LogP contribution in [0.4, 0.5) is 0 Å². The van der Waals surface area contributed by atoms with Crippen molar-refractivity contribution in [2.75, 3.05) is 13.7 Å². The molecule has 1 aliphatic heterocycles. The Morgan fingerprint density at radius 2 is 1.96 bits per heavy atom. The molecule has 1 saturated heterocycles. The second-order valence-corrected chi connectivity index (χ2v) is 7.51. The highest BCUT2D eigenvalue weighted by Crippen LogP contribution is 2.35. The quantitative estimate of drug-likeness (QED) is 0.603. The number of methoxy groups -OCH3 is 1. The molecule has 1 fully saturated rings. The Balaban J connectivity index is 1.74. The number of ether oxygens (including phenoxy) is 2. The van der Waals surface area contributed by atoms with Crippen LogP contribution in [0.1, 0.15) is 30.9 Å². The van der Waals surface area contributed by atoms with Gasteiger partial charge in [0.1, 0.15) is 6.61 Å². The molecule has 1 unspecified atom stereocenters. The number of hydrogen-bond donors (Lipinski definition) is 0. The van der Waals surface area contributed by atoms with Crippen LogP contribution in [0.3, 0.4) is 0 Å². The third-order valence-corrected chi connectivity index (χ3v) is 5.39. The van der Waals surface area contributed by atoms with Crippen LogP contribution in [-0.2, 0) is 13.2 Å². The molecule has 128 valence electrons. The highest BCUT2D eigenvalue weighted by atomic mass is 127. The van der Waals surface area contributed by atoms with Crippen LogP contribution in [0.5, 0.6) is 11.5 Å². The lowest BCUT2D eigenvalue weighted by Crippen LogP contribution is -2.26. The molecule has 1 aliphatic rings. The van der Waals surface area contributed by atoms with E-state index in [9.17, 15) is 0 Å². The molecule has 24 heavy (non-hydrogen) atoms. The average molecular weight is 437 g/mol. The summed E-state index contributed by atoms with van der Waals surface area (Å²) in [6, 6.07) is 15.2. The van der Waals surface area contributed by atoms with Crippen LogP contribution in [0, 0.1) is 3.57 Å². The zero-order valence-electron chi connectivity index (χ0n) is 14.3. The first kappa shape index (κ1) is 17.5. The number of rotatable bonds is 6. The van der Waals surface area contributed by atoms with E-state index in [-0.39, 0.29) is 0 Å². The molecule has 0 bridgehead atoms. The third kappa shape index (κ3) is 4.22. The third-order valence-electron chi connectivity index (χ3n) is 4.59. The van der Waals surface area contributed by atoms with Crippen molar-refractivity contribution in [2.45, 2.75) is 39.0 Å². The van der Waals surface area contributed by atoms with Crippen molar-refractivity contribution in [2.24, 2.45) is 0 Å². The predicted molar refractivity (Wildman–Crippen MR) is 106 cm³/mol. The summed E-state index contributed by atoms with van der Waals surface area (Å²) in [5, 5.41) is 0. The molecule has 1 atom stereocenters. The molecule has 0 radical (unpaired) electrons. The number of likely N-dealkylation sites (tertiary alicyclic amines) is 1. The monoisotopic (exact) mass is 437 g/mol. The van der Waals surface area contributed by atoms with Gasteiger partial charge in [-0.05, 0) is 72.2 Å². The molecule has 0 saturated carbocycles. The summed E-state index contributed by atoms with van der Waals surface area (Å²) in [6.07, 6.45) is 2.60. The van der Waals surface area contributed by atoms with Gasteiger partial charge in [0.25, 0.3) is 0 Å². The lowest BCUT2D eigenvalue weighted by Gasteiger charge is -2.22. The van der Waals surface area contributed by atoms with E-state index in [0.717, 1.165) is 27.2 Å². The van der Waals surface area contributed by atoms with Gasteiger partial charge in [-0.2, -0.15) is 0 Å². The van der Waals surface area contributed by atoms with Crippen LogP contribution < -0.4 is 9.47 Å². The van der Waals surface area contributed by atoms with E-state index in [1.54, 1.807) is 7.11 Å². The zero-order valence-corrected chi connectivity index (χ0v) is 16.5. The van der Waals surface area contributed by atoms with Crippen molar-refractivity contribution in [3.05, 3.63) is 57.2 Å². The molecule has 1 heterocycles. The van der Waals surface area contributed by atoms with Gasteiger partial charge in [-0.25, -0.2) is 0 Å². The fraction of sp³-hybridized carbons (Fsp3) is 0.400. The van der Waals surface area contributed by atoms with Gasteiger partial charge >= 0.3 is 0 Å². The minimum Gasteiger partial charge on any atom is -0.493 e. The highest BCUT2D eigenvalue weighted by Gasteiger charge is 2.21. The maximum atomic E-state index is 6.04. The molecule has 2 aromatic carbocycles. The number of hydrogen-bond acceptors (Lipinski definition) is 3. The molecule has 0 aromatic heterocycles. The molecule has 2 aromatic rings. The molecule has 0 N–H and O–H groups in total. The molecule has 0 spiro atoms. The molecular formula is C20H24INO2. The standard InChI is InChI=1S/C20H24INO2/c1-15-7-6-10-22(15)13-17-11-18(21)20(19(12-17)23-2)24-14-16-8-4-3-5-9-16/h3-5,8-9,11-12,15H,6-7,10,13-14H2,1-2H3. The van der Waals surface area contributed by atoms with Crippen LogP contribution in [0.15, 0.2) is 42.5 Å². The van der Waals surface area contributed by atoms with E-state index in [1.165, 1.54) is 24.9 Å². The Hall–Kier alpha value is -1.27. The first-order chi connectivity index (χ1) is 11.7. The molecule has 4 heteroatoms. The second kappa shape index (κ2) is 8.21. The zero-order chi connectivity index (χ0) is 16.9. The van der Waals surface area contributed by atoms with E-state index < -0.39 is 0 Å². The molecule has 0 amide bonds. The fourth-order valence-corrected chi connectivity index (χ4v) is 4.02. The lowest BCUT2D eigenvalue weighted by atomic mass is 10.1. The van der Waals surface area contributed by atoms with E-state index in [1.807, 2.05) is 18.2 Å². The summed E-state index contributed by atoms with van der Waals surface area (Å²) >= 11 is 2.35. The Morgan fingerprint density at radius 1 is 1.17 bits per heavy atom. The molecule has 0 aliphatic carbocycles. The van der Waals surface area contributed by atoms with E-state index in [2.05, 4.69) is 58.7 Å². The first-order valence-corrected chi connectivity index (χ1v) is 9.52. The van der Waals surface area contributed by atoms with Crippen LogP contribution in [0.25, 0.3) is 0 Å². The van der Waals surface area contributed by atoms with Gasteiger partial charge in [-0.3, -0.25) is 4.90 Å². The first-order valence-electron chi connectivity index (χ1n) is 8.44. The predicted octanol–water partition coefficient (Wildman–Crippen LogP) is 4.86. The number of benzene rings is 2. The topological polar surface area (TPSA) is 21.7 Å². The fourth-order valence-electron chi connectivity index (χ4n) is 3.20. The van der Waals surface area contributed by atoms with Gasteiger partial charge < -0.3 is 9.47 Å². The van der Waals surface area contributed by atoms with Crippen molar-refractivity contribution in [1.82, 2.24) is 4.90 Å². The Bertz CT molecular complexity index is 675. The van der Waals surface area contributed by atoms with Crippen molar-refractivity contribution in [3.63, 3.8) is 0 Å². The van der Waals surface area contributed by atoms with Crippen LogP contribution in [0.2, 0.25) is 0 Å². The van der Waals surface area contributed by atoms with Crippen molar-refractivity contribution in [3.8, 4) is 11.5 Å². The van der Waals surface area contributed by atoms with E-state index >= 15 is 0 Å². The lowest BCUT2D eigenvalue weighted by molar-refractivity contribution is 0.258. The molecular weight excluding hydrogens is 413 g/mol. The maximum absolute atomic E-state index is 6.04. The highest BCUT2D eigenvalue weighted by molar-refractivity contribution is 14.1. The largest absolute Gasteiger partial charge is 0.493 e. The Morgan fingerprint density at radius 3 is 2.62 bits per heavy atom. The van der Waals surface area contributed by atoms with Crippen molar-refractivity contribution < 1.29 is 9.47 Å². The SMILES string of the molecule is COc1cc(CN2CCCC2C)cc(I)c1OCc1ccccc1. The van der Waals surface area contributed by atoms with Gasteiger partial charge in [0, 0.05) is 12.6 Å². The van der Waals surface area contributed by atoms with Crippen LogP contribution >= 0.6 is 22.6 Å². The minimum absolute atomic E-state index is 0.551. The van der Waals surface area contributed by atoms with Gasteiger partial charge in [0.05, 0.1) is 10.7 Å². The summed E-state index contributed by atoms with van der Waals surface area (Å²) < 4.78 is 12.7. The second-order valence-electron chi connectivity index (χ2n) is 6.35. The molecule has 3 nitrogen and oxygen atoms in total. The van der Waals surface area contributed by atoms with E-state index in [0.29, 0.717) is 12.6 Å². The van der Waals surface area contributed by atoms with Gasteiger partial charge in [-0.1, -0.05) is 30.3 Å². The smallest absolute Gasteiger partial charge is 0.174 e. The summed E-state index contributed by atoms with van der Waals surface area (Å²) in [4.78, 5) is 2.54. The number of halogens is 1. The summed E-state index contributed by atoms with van der Waals surface area (Å²) in [5.74, 6) is 1.65. The van der Waals surface area contributed by atoms with E-state index in [4.69, 9.17) is 9.47 Å². The summed E-state index contributed by atoms with van der Waals surface area (Å²) in [7, 11) is 1.71. The Kier molecular flexibility index (Phi) is 6.00. The maximum Gasteiger partial charge on any atom is 0.174 e. The van der Waals surface area contributed by atoms with Gasteiger partial charge in [0.2, 0.25) is 0 Å². The van der Waals surface area contributed by atoms with Crippen molar-refractivity contribution in [1.29, 1.82) is 0 Å². The minimum atomic E-state index is 0.551. The summed E-state index contributed by atoms with van der Waals surface area (Å²) in [5.41, 5.74) is 2.45. The molecule has 3 rings (SSSR count). The number of nitrogens with zero attached hydrogens (tertiary/aromatic N) is 1. The van der Waals surface area contributed by atoms with Crippen LogP contribution in [-0.4, -0.2) is 24.6 Å². The summed E-state index contributed by atoms with van der Waals surface area (Å²) in [6.45, 7) is 5.03. The Labute approximate surface area is 158 Å². The van der Waals surface area contributed by atoms with Gasteiger partial charge in [0.15, 0.2) is 11.5 Å². The normalized spacial score (nSPS) is 17.9. The van der Waals surface area contributed by atoms with Crippen molar-refractivity contribution >= 4 is 22.6 Å². The average Bonchev–Trinajstić information content (AvgIpc) is 2.99. The van der Waals surface area contributed by atoms with Gasteiger partial charge in [-0.15, -0.1) is 0 Å².